The Bertz CT molecular complexity index is 284. The Morgan fingerprint density at radius 1 is 1.47 bits per heavy atom. The fraction of sp³-hybridized carbons (Fsp3) is 0.750. The first kappa shape index (κ1) is 10.7. The van der Waals surface area contributed by atoms with Crippen LogP contribution in [0.25, 0.3) is 0 Å². The zero-order valence-electron chi connectivity index (χ0n) is 9.61. The van der Waals surface area contributed by atoms with E-state index in [1.54, 1.807) is 0 Å². The predicted molar refractivity (Wildman–Crippen MR) is 62.0 cm³/mol. The molecule has 0 aromatic rings. The molecule has 15 heavy (non-hydrogen) atoms. The van der Waals surface area contributed by atoms with Crippen LogP contribution in [-0.2, 0) is 0 Å². The number of amidine groups is 1. The van der Waals surface area contributed by atoms with Gasteiger partial charge in [0.05, 0.1) is 5.60 Å². The fourth-order valence-electron chi connectivity index (χ4n) is 2.02. The highest BCUT2D eigenvalue weighted by Crippen LogP contribution is 2.22. The van der Waals surface area contributed by atoms with Crippen molar-refractivity contribution in [2.24, 2.45) is 10.9 Å². The van der Waals surface area contributed by atoms with E-state index in [9.17, 15) is 5.11 Å². The average molecular weight is 208 g/mol. The molecule has 0 amide bonds. The minimum absolute atomic E-state index is 0.470. The van der Waals surface area contributed by atoms with E-state index in [-0.39, 0.29) is 0 Å². The number of nitrogens with zero attached hydrogens (tertiary/aromatic N) is 2. The zero-order valence-corrected chi connectivity index (χ0v) is 9.61. The topological polar surface area (TPSA) is 35.8 Å². The van der Waals surface area contributed by atoms with Crippen LogP contribution in [0.5, 0.6) is 0 Å². The molecular weight excluding hydrogens is 188 g/mol. The van der Waals surface area contributed by atoms with Crippen LogP contribution < -0.4 is 0 Å². The standard InChI is InChI=1S/C12H20N2O/c1-10-3-4-11(13-9-10)14-7-5-12(2,15)6-8-14/h3-4,10,15H,5-9H2,1-2H3. The van der Waals surface area contributed by atoms with E-state index in [1.807, 2.05) is 6.92 Å². The number of rotatable bonds is 0. The second-order valence-corrected chi connectivity index (χ2v) is 5.02. The maximum Gasteiger partial charge on any atom is 0.123 e. The van der Waals surface area contributed by atoms with Gasteiger partial charge in [0, 0.05) is 19.6 Å². The van der Waals surface area contributed by atoms with Crippen LogP contribution in [-0.4, -0.2) is 41.1 Å². The second-order valence-electron chi connectivity index (χ2n) is 5.02. The monoisotopic (exact) mass is 208 g/mol. The van der Waals surface area contributed by atoms with Crippen molar-refractivity contribution in [1.82, 2.24) is 4.90 Å². The molecule has 3 nitrogen and oxygen atoms in total. The molecule has 1 N–H and O–H groups in total. The van der Waals surface area contributed by atoms with E-state index in [4.69, 9.17) is 0 Å². The van der Waals surface area contributed by atoms with Crippen LogP contribution in [0.3, 0.4) is 0 Å². The van der Waals surface area contributed by atoms with E-state index in [2.05, 4.69) is 29.0 Å². The molecule has 1 fully saturated rings. The van der Waals surface area contributed by atoms with E-state index < -0.39 is 5.60 Å². The Balaban J connectivity index is 1.94. The van der Waals surface area contributed by atoms with Crippen molar-refractivity contribution in [3.63, 3.8) is 0 Å². The number of dihydropyridines is 1. The van der Waals surface area contributed by atoms with Gasteiger partial charge in [-0.1, -0.05) is 13.0 Å². The molecule has 3 heteroatoms. The predicted octanol–water partition coefficient (Wildman–Crippen LogP) is 1.44. The Hall–Kier alpha value is -0.830. The molecule has 2 aliphatic heterocycles. The zero-order chi connectivity index (χ0) is 10.9. The number of hydrogen-bond donors (Lipinski definition) is 1. The molecule has 84 valence electrons. The average Bonchev–Trinajstić information content (AvgIpc) is 2.20. The summed E-state index contributed by atoms with van der Waals surface area (Å²) in [6.07, 6.45) is 6.02. The molecule has 0 saturated carbocycles. The van der Waals surface area contributed by atoms with Crippen LogP contribution in [0.4, 0.5) is 0 Å². The summed E-state index contributed by atoms with van der Waals surface area (Å²) < 4.78 is 0. The van der Waals surface area contributed by atoms with E-state index in [1.165, 1.54) is 0 Å². The molecule has 2 aliphatic rings. The smallest absolute Gasteiger partial charge is 0.123 e. The molecule has 1 unspecified atom stereocenters. The highest BCUT2D eigenvalue weighted by molar-refractivity contribution is 5.93. The number of aliphatic hydroxyl groups is 1. The van der Waals surface area contributed by atoms with Crippen LogP contribution in [0.1, 0.15) is 26.7 Å². The number of hydrogen-bond acceptors (Lipinski definition) is 3. The largest absolute Gasteiger partial charge is 0.390 e. The highest BCUT2D eigenvalue weighted by Gasteiger charge is 2.28. The highest BCUT2D eigenvalue weighted by atomic mass is 16.3. The summed E-state index contributed by atoms with van der Waals surface area (Å²) in [5.74, 6) is 1.67. The maximum atomic E-state index is 9.85. The molecule has 2 rings (SSSR count). The lowest BCUT2D eigenvalue weighted by atomic mass is 9.93. The number of likely N-dealkylation sites (tertiary alicyclic amines) is 1. The van der Waals surface area contributed by atoms with Crippen molar-refractivity contribution < 1.29 is 5.11 Å². The van der Waals surface area contributed by atoms with Crippen molar-refractivity contribution in [2.45, 2.75) is 32.3 Å². The first-order valence-electron chi connectivity index (χ1n) is 5.77. The lowest BCUT2D eigenvalue weighted by Gasteiger charge is -2.37. The summed E-state index contributed by atoms with van der Waals surface area (Å²) >= 11 is 0. The summed E-state index contributed by atoms with van der Waals surface area (Å²) in [7, 11) is 0. The Morgan fingerprint density at radius 3 is 2.67 bits per heavy atom. The molecule has 1 atom stereocenters. The van der Waals surface area contributed by atoms with Crippen LogP contribution in [0, 0.1) is 5.92 Å². The normalized spacial score (nSPS) is 30.2. The lowest BCUT2D eigenvalue weighted by molar-refractivity contribution is 0.01000. The van der Waals surface area contributed by atoms with Gasteiger partial charge in [-0.05, 0) is 31.8 Å². The van der Waals surface area contributed by atoms with Crippen molar-refractivity contribution >= 4 is 5.84 Å². The quantitative estimate of drug-likeness (QED) is 0.654. The Labute approximate surface area is 91.5 Å². The minimum atomic E-state index is -0.470. The van der Waals surface area contributed by atoms with E-state index in [0.29, 0.717) is 5.92 Å². The molecular formula is C12H20N2O. The molecule has 0 aromatic carbocycles. The summed E-state index contributed by atoms with van der Waals surface area (Å²) in [6, 6.07) is 0. The number of aliphatic imine (C=N–C) groups is 1. The van der Waals surface area contributed by atoms with Gasteiger partial charge >= 0.3 is 0 Å². The Morgan fingerprint density at radius 2 is 2.13 bits per heavy atom. The molecule has 0 aliphatic carbocycles. The Kier molecular flexibility index (Phi) is 2.83. The third-order valence-electron chi connectivity index (χ3n) is 3.28. The van der Waals surface area contributed by atoms with Gasteiger partial charge in [0.25, 0.3) is 0 Å². The SMILES string of the molecule is CC1C=CC(N2CCC(C)(O)CC2)=NC1. The van der Waals surface area contributed by atoms with Crippen LogP contribution in [0.15, 0.2) is 17.1 Å². The molecule has 0 spiro atoms. The van der Waals surface area contributed by atoms with Gasteiger partial charge in [-0.25, -0.2) is 0 Å². The van der Waals surface area contributed by atoms with E-state index in [0.717, 1.165) is 38.3 Å². The summed E-state index contributed by atoms with van der Waals surface area (Å²) in [6.45, 7) is 6.84. The summed E-state index contributed by atoms with van der Waals surface area (Å²) in [5.41, 5.74) is -0.470. The van der Waals surface area contributed by atoms with Gasteiger partial charge in [-0.15, -0.1) is 0 Å². The van der Waals surface area contributed by atoms with Gasteiger partial charge in [0.1, 0.15) is 5.84 Å². The van der Waals surface area contributed by atoms with Gasteiger partial charge in [-0.3, -0.25) is 4.99 Å². The third kappa shape index (κ3) is 2.59. The second kappa shape index (κ2) is 3.97. The molecule has 2 heterocycles. The summed E-state index contributed by atoms with van der Waals surface area (Å²) in [4.78, 5) is 6.83. The van der Waals surface area contributed by atoms with Crippen molar-refractivity contribution in [1.29, 1.82) is 0 Å². The first-order valence-corrected chi connectivity index (χ1v) is 5.77. The molecule has 0 bridgehead atoms. The van der Waals surface area contributed by atoms with Crippen LogP contribution in [0.2, 0.25) is 0 Å². The fourth-order valence-corrected chi connectivity index (χ4v) is 2.02. The summed E-state index contributed by atoms with van der Waals surface area (Å²) in [5, 5.41) is 9.85. The number of piperidine rings is 1. The molecule has 1 saturated heterocycles. The van der Waals surface area contributed by atoms with Crippen molar-refractivity contribution in [2.75, 3.05) is 19.6 Å². The maximum absolute atomic E-state index is 9.85. The third-order valence-corrected chi connectivity index (χ3v) is 3.28. The van der Waals surface area contributed by atoms with Gasteiger partial charge < -0.3 is 10.0 Å². The minimum Gasteiger partial charge on any atom is -0.390 e. The van der Waals surface area contributed by atoms with Gasteiger partial charge in [0.15, 0.2) is 0 Å². The van der Waals surface area contributed by atoms with Gasteiger partial charge in [-0.2, -0.15) is 0 Å². The van der Waals surface area contributed by atoms with Crippen molar-refractivity contribution in [3.8, 4) is 0 Å². The molecule has 0 aromatic heterocycles. The molecule has 0 radical (unpaired) electrons. The van der Waals surface area contributed by atoms with Crippen LogP contribution >= 0.6 is 0 Å². The van der Waals surface area contributed by atoms with Crippen molar-refractivity contribution in [3.05, 3.63) is 12.2 Å². The lowest BCUT2D eigenvalue weighted by Crippen LogP contribution is -2.45. The van der Waals surface area contributed by atoms with Gasteiger partial charge in [0.2, 0.25) is 0 Å². The van der Waals surface area contributed by atoms with E-state index >= 15 is 0 Å². The first-order chi connectivity index (χ1) is 7.07.